The highest BCUT2D eigenvalue weighted by Gasteiger charge is 2.16. The molecular formula is C12H13FN4O. The standard InChI is InChI=1S/C12H13FN4O/c13-8-2-1-3-9-10(8)11(14)16-12(15-9)17-4-6-18-7-5-17/h1-3H,4-7H2,(H2,14,15,16). The van der Waals surface area contributed by atoms with E-state index >= 15 is 0 Å². The van der Waals surface area contributed by atoms with E-state index in [-0.39, 0.29) is 11.2 Å². The number of benzene rings is 1. The first kappa shape index (κ1) is 11.2. The third-order valence-corrected chi connectivity index (χ3v) is 2.98. The average Bonchev–Trinajstić information content (AvgIpc) is 2.39. The van der Waals surface area contributed by atoms with Gasteiger partial charge in [0, 0.05) is 13.1 Å². The topological polar surface area (TPSA) is 64.3 Å². The summed E-state index contributed by atoms with van der Waals surface area (Å²) >= 11 is 0. The molecule has 1 aromatic carbocycles. The van der Waals surface area contributed by atoms with Gasteiger partial charge in [-0.1, -0.05) is 6.07 Å². The summed E-state index contributed by atoms with van der Waals surface area (Å²) in [5, 5.41) is 0.287. The van der Waals surface area contributed by atoms with Gasteiger partial charge in [0.1, 0.15) is 11.6 Å². The molecule has 0 saturated carbocycles. The van der Waals surface area contributed by atoms with Gasteiger partial charge in [-0.2, -0.15) is 4.98 Å². The van der Waals surface area contributed by atoms with E-state index in [4.69, 9.17) is 10.5 Å². The predicted octanol–water partition coefficient (Wildman–Crippen LogP) is 1.19. The van der Waals surface area contributed by atoms with Crippen LogP contribution in [0.1, 0.15) is 0 Å². The first-order chi connectivity index (χ1) is 8.75. The Hall–Kier alpha value is -1.95. The van der Waals surface area contributed by atoms with Crippen LogP contribution in [0.25, 0.3) is 10.9 Å². The number of halogens is 1. The molecule has 0 unspecified atom stereocenters. The van der Waals surface area contributed by atoms with E-state index in [9.17, 15) is 4.39 Å². The summed E-state index contributed by atoms with van der Waals surface area (Å²) < 4.78 is 18.9. The summed E-state index contributed by atoms with van der Waals surface area (Å²) in [7, 11) is 0. The summed E-state index contributed by atoms with van der Waals surface area (Å²) in [4.78, 5) is 10.5. The third-order valence-electron chi connectivity index (χ3n) is 2.98. The van der Waals surface area contributed by atoms with Gasteiger partial charge in [0.25, 0.3) is 0 Å². The van der Waals surface area contributed by atoms with Gasteiger partial charge in [-0.25, -0.2) is 9.37 Å². The van der Waals surface area contributed by atoms with Crippen LogP contribution in [0, 0.1) is 5.82 Å². The van der Waals surface area contributed by atoms with Crippen LogP contribution in [0.3, 0.4) is 0 Å². The van der Waals surface area contributed by atoms with Crippen molar-refractivity contribution in [3.8, 4) is 0 Å². The van der Waals surface area contributed by atoms with E-state index < -0.39 is 5.82 Å². The molecule has 5 nitrogen and oxygen atoms in total. The van der Waals surface area contributed by atoms with Crippen LogP contribution in [-0.2, 0) is 4.74 Å². The summed E-state index contributed by atoms with van der Waals surface area (Å²) in [6.07, 6.45) is 0. The van der Waals surface area contributed by atoms with Crippen LogP contribution < -0.4 is 10.6 Å². The highest BCUT2D eigenvalue weighted by Crippen LogP contribution is 2.24. The number of hydrogen-bond acceptors (Lipinski definition) is 5. The van der Waals surface area contributed by atoms with Crippen LogP contribution in [0.2, 0.25) is 0 Å². The second-order valence-corrected chi connectivity index (χ2v) is 4.14. The maximum Gasteiger partial charge on any atom is 0.228 e. The number of nitrogens with two attached hydrogens (primary N) is 1. The second-order valence-electron chi connectivity index (χ2n) is 4.14. The molecule has 2 heterocycles. The van der Waals surface area contributed by atoms with Crippen LogP contribution >= 0.6 is 0 Å². The summed E-state index contributed by atoms with van der Waals surface area (Å²) in [6, 6.07) is 4.71. The quantitative estimate of drug-likeness (QED) is 0.821. The Morgan fingerprint density at radius 1 is 1.22 bits per heavy atom. The molecule has 1 aliphatic rings. The Morgan fingerprint density at radius 3 is 2.78 bits per heavy atom. The van der Waals surface area contributed by atoms with E-state index in [0.717, 1.165) is 13.1 Å². The van der Waals surface area contributed by atoms with Crippen molar-refractivity contribution in [1.82, 2.24) is 9.97 Å². The smallest absolute Gasteiger partial charge is 0.228 e. The Balaban J connectivity index is 2.09. The normalized spacial score (nSPS) is 16.2. The average molecular weight is 248 g/mol. The van der Waals surface area contributed by atoms with Gasteiger partial charge in [-0.15, -0.1) is 0 Å². The first-order valence-electron chi connectivity index (χ1n) is 5.80. The van der Waals surface area contributed by atoms with Gasteiger partial charge in [0.2, 0.25) is 5.95 Å². The molecule has 0 radical (unpaired) electrons. The van der Waals surface area contributed by atoms with Crippen molar-refractivity contribution in [2.24, 2.45) is 0 Å². The fourth-order valence-corrected chi connectivity index (χ4v) is 2.06. The van der Waals surface area contributed by atoms with E-state index in [1.165, 1.54) is 6.07 Å². The first-order valence-corrected chi connectivity index (χ1v) is 5.80. The number of rotatable bonds is 1. The number of morpholine rings is 1. The van der Waals surface area contributed by atoms with Crippen LogP contribution in [0.5, 0.6) is 0 Å². The number of fused-ring (bicyclic) bond motifs is 1. The zero-order valence-corrected chi connectivity index (χ0v) is 9.77. The van der Waals surface area contributed by atoms with E-state index in [0.29, 0.717) is 24.7 Å². The molecule has 0 amide bonds. The van der Waals surface area contributed by atoms with Gasteiger partial charge in [-0.05, 0) is 12.1 Å². The molecule has 0 aliphatic carbocycles. The largest absolute Gasteiger partial charge is 0.383 e. The summed E-state index contributed by atoms with van der Waals surface area (Å²) in [6.45, 7) is 2.73. The molecule has 94 valence electrons. The van der Waals surface area contributed by atoms with Crippen LogP contribution in [0.4, 0.5) is 16.2 Å². The molecule has 1 saturated heterocycles. The fraction of sp³-hybridized carbons (Fsp3) is 0.333. The maximum absolute atomic E-state index is 13.6. The number of hydrogen-bond donors (Lipinski definition) is 1. The lowest BCUT2D eigenvalue weighted by Crippen LogP contribution is -2.37. The minimum Gasteiger partial charge on any atom is -0.383 e. The van der Waals surface area contributed by atoms with E-state index in [1.807, 2.05) is 4.90 Å². The van der Waals surface area contributed by atoms with Gasteiger partial charge >= 0.3 is 0 Å². The molecule has 0 bridgehead atoms. The van der Waals surface area contributed by atoms with Crippen molar-refractivity contribution in [3.05, 3.63) is 24.0 Å². The highest BCUT2D eigenvalue weighted by molar-refractivity contribution is 5.89. The van der Waals surface area contributed by atoms with Gasteiger partial charge < -0.3 is 15.4 Å². The van der Waals surface area contributed by atoms with Gasteiger partial charge in [0.15, 0.2) is 0 Å². The van der Waals surface area contributed by atoms with Gasteiger partial charge in [0.05, 0.1) is 24.1 Å². The Labute approximate surface area is 103 Å². The summed E-state index contributed by atoms with van der Waals surface area (Å²) in [5.41, 5.74) is 6.35. The lowest BCUT2D eigenvalue weighted by Gasteiger charge is -2.27. The fourth-order valence-electron chi connectivity index (χ4n) is 2.06. The van der Waals surface area contributed by atoms with Crippen LogP contribution in [0.15, 0.2) is 18.2 Å². The Bertz CT molecular complexity index is 584. The zero-order valence-electron chi connectivity index (χ0n) is 9.77. The van der Waals surface area contributed by atoms with Crippen molar-refractivity contribution in [1.29, 1.82) is 0 Å². The highest BCUT2D eigenvalue weighted by atomic mass is 19.1. The SMILES string of the molecule is Nc1nc(N2CCOCC2)nc2cccc(F)c12. The minimum atomic E-state index is -0.390. The maximum atomic E-state index is 13.6. The van der Waals surface area contributed by atoms with Crippen molar-refractivity contribution >= 4 is 22.7 Å². The number of nitrogen functional groups attached to an aromatic ring is 1. The molecule has 2 N–H and O–H groups in total. The van der Waals surface area contributed by atoms with Crippen molar-refractivity contribution in [3.63, 3.8) is 0 Å². The lowest BCUT2D eigenvalue weighted by atomic mass is 10.2. The molecule has 2 aromatic rings. The number of aromatic nitrogens is 2. The molecule has 6 heteroatoms. The molecule has 0 spiro atoms. The van der Waals surface area contributed by atoms with Crippen molar-refractivity contribution in [2.75, 3.05) is 36.9 Å². The molecule has 1 aliphatic heterocycles. The van der Waals surface area contributed by atoms with Gasteiger partial charge in [-0.3, -0.25) is 0 Å². The third kappa shape index (κ3) is 1.84. The molecule has 1 fully saturated rings. The minimum absolute atomic E-state index is 0.180. The van der Waals surface area contributed by atoms with Crippen molar-refractivity contribution in [2.45, 2.75) is 0 Å². The zero-order chi connectivity index (χ0) is 12.5. The Morgan fingerprint density at radius 2 is 2.00 bits per heavy atom. The lowest BCUT2D eigenvalue weighted by molar-refractivity contribution is 0.122. The molecule has 1 aromatic heterocycles. The van der Waals surface area contributed by atoms with E-state index in [2.05, 4.69) is 9.97 Å². The van der Waals surface area contributed by atoms with E-state index in [1.54, 1.807) is 12.1 Å². The second kappa shape index (κ2) is 4.38. The molecule has 18 heavy (non-hydrogen) atoms. The Kier molecular flexibility index (Phi) is 2.71. The van der Waals surface area contributed by atoms with Crippen LogP contribution in [-0.4, -0.2) is 36.3 Å². The monoisotopic (exact) mass is 248 g/mol. The number of ether oxygens (including phenoxy) is 1. The number of anilines is 2. The predicted molar refractivity (Wildman–Crippen MR) is 66.9 cm³/mol. The summed E-state index contributed by atoms with van der Waals surface area (Å²) in [5.74, 6) is 0.326. The van der Waals surface area contributed by atoms with Crippen molar-refractivity contribution < 1.29 is 9.13 Å². The molecule has 0 atom stereocenters. The number of nitrogens with zero attached hydrogens (tertiary/aromatic N) is 3. The molecular weight excluding hydrogens is 235 g/mol. The molecule has 3 rings (SSSR count).